The van der Waals surface area contributed by atoms with Gasteiger partial charge in [0, 0.05) is 69.3 Å². The number of nitrogens with zero attached hydrogens (tertiary/aromatic N) is 2. The van der Waals surface area contributed by atoms with Crippen LogP contribution >= 0.6 is 31.9 Å². The lowest BCUT2D eigenvalue weighted by molar-refractivity contribution is 0.0365. The highest BCUT2D eigenvalue weighted by atomic mass is 79.9. The summed E-state index contributed by atoms with van der Waals surface area (Å²) in [6, 6.07) is 13.0. The Morgan fingerprint density at radius 2 is 1.60 bits per heavy atom. The summed E-state index contributed by atoms with van der Waals surface area (Å²) in [4.78, 5) is 5.64. The Labute approximate surface area is 194 Å². The quantitative estimate of drug-likeness (QED) is 0.336. The summed E-state index contributed by atoms with van der Waals surface area (Å²) in [5, 5.41) is 2.54. The Morgan fingerprint density at radius 1 is 0.900 bits per heavy atom. The lowest BCUT2D eigenvalue weighted by Gasteiger charge is -2.26. The fraction of sp³-hybridized carbons (Fsp3) is 0.333. The Hall–Kier alpha value is -1.60. The third-order valence-corrected chi connectivity index (χ3v) is 6.82. The number of hydrogen-bond donors (Lipinski definition) is 1. The van der Waals surface area contributed by atoms with Crippen molar-refractivity contribution in [3.8, 4) is 0 Å². The van der Waals surface area contributed by atoms with E-state index in [4.69, 9.17) is 4.74 Å². The zero-order chi connectivity index (χ0) is 21.1. The maximum Gasteiger partial charge on any atom is 0.0594 e. The molecule has 0 spiro atoms. The van der Waals surface area contributed by atoms with E-state index in [1.54, 1.807) is 0 Å². The second kappa shape index (κ2) is 9.69. The van der Waals surface area contributed by atoms with Crippen LogP contribution in [-0.2, 0) is 11.3 Å². The monoisotopic (exact) mass is 531 g/mol. The largest absolute Gasteiger partial charge is 0.379 e. The SMILES string of the molecule is Cc1cc(Br)c2cc[nH]c2c1.Cc1cc(Br)c2ccn(CCN3CCOCC3)c2c1. The lowest BCUT2D eigenvalue weighted by Crippen LogP contribution is -2.38. The molecule has 0 amide bonds. The number of ether oxygens (including phenoxy) is 1. The molecule has 0 radical (unpaired) electrons. The second-order valence-corrected chi connectivity index (χ2v) is 9.54. The van der Waals surface area contributed by atoms with Crippen LogP contribution in [0.25, 0.3) is 21.8 Å². The minimum absolute atomic E-state index is 0.872. The molecule has 1 fully saturated rings. The highest BCUT2D eigenvalue weighted by Crippen LogP contribution is 2.27. The normalized spacial score (nSPS) is 14.8. The molecule has 0 unspecified atom stereocenters. The zero-order valence-electron chi connectivity index (χ0n) is 17.4. The third kappa shape index (κ3) is 4.99. The number of halogens is 2. The number of fused-ring (bicyclic) bond motifs is 2. The molecule has 1 aliphatic heterocycles. The van der Waals surface area contributed by atoms with Crippen molar-refractivity contribution in [1.29, 1.82) is 0 Å². The molecule has 6 heteroatoms. The van der Waals surface area contributed by atoms with Crippen LogP contribution in [0.5, 0.6) is 0 Å². The molecule has 1 aliphatic rings. The summed E-state index contributed by atoms with van der Waals surface area (Å²) in [6.07, 6.45) is 4.14. The molecule has 0 atom stereocenters. The first-order chi connectivity index (χ1) is 14.5. The molecular formula is C24H27Br2N3O. The van der Waals surface area contributed by atoms with E-state index in [0.717, 1.165) is 43.9 Å². The van der Waals surface area contributed by atoms with Gasteiger partial charge in [-0.05, 0) is 61.4 Å². The number of aromatic nitrogens is 2. The molecule has 1 saturated heterocycles. The van der Waals surface area contributed by atoms with Crippen LogP contribution < -0.4 is 0 Å². The zero-order valence-corrected chi connectivity index (χ0v) is 20.6. The maximum atomic E-state index is 5.38. The van der Waals surface area contributed by atoms with E-state index in [2.05, 4.69) is 103 Å². The van der Waals surface area contributed by atoms with Crippen molar-refractivity contribution in [2.75, 3.05) is 32.8 Å². The molecule has 0 aliphatic carbocycles. The molecule has 158 valence electrons. The van der Waals surface area contributed by atoms with E-state index >= 15 is 0 Å². The Morgan fingerprint density at radius 3 is 2.37 bits per heavy atom. The third-order valence-electron chi connectivity index (χ3n) is 5.51. The average Bonchev–Trinajstić information content (AvgIpc) is 3.35. The first kappa shape index (κ1) is 21.6. The van der Waals surface area contributed by atoms with Gasteiger partial charge in [0.25, 0.3) is 0 Å². The van der Waals surface area contributed by atoms with E-state index in [0.29, 0.717) is 0 Å². The van der Waals surface area contributed by atoms with Crippen molar-refractivity contribution in [2.24, 2.45) is 0 Å². The average molecular weight is 533 g/mol. The first-order valence-corrected chi connectivity index (χ1v) is 11.9. The number of hydrogen-bond acceptors (Lipinski definition) is 2. The maximum absolute atomic E-state index is 5.38. The smallest absolute Gasteiger partial charge is 0.0594 e. The van der Waals surface area contributed by atoms with Crippen LogP contribution in [0.3, 0.4) is 0 Å². The summed E-state index contributed by atoms with van der Waals surface area (Å²) in [5.74, 6) is 0. The van der Waals surface area contributed by atoms with Crippen molar-refractivity contribution in [2.45, 2.75) is 20.4 Å². The van der Waals surface area contributed by atoms with E-state index in [-0.39, 0.29) is 0 Å². The van der Waals surface area contributed by atoms with Crippen LogP contribution in [0.4, 0.5) is 0 Å². The second-order valence-electron chi connectivity index (χ2n) is 7.83. The minimum Gasteiger partial charge on any atom is -0.379 e. The van der Waals surface area contributed by atoms with Gasteiger partial charge >= 0.3 is 0 Å². The van der Waals surface area contributed by atoms with Gasteiger partial charge < -0.3 is 14.3 Å². The summed E-state index contributed by atoms with van der Waals surface area (Å²) >= 11 is 7.16. The van der Waals surface area contributed by atoms with E-state index in [9.17, 15) is 0 Å². The van der Waals surface area contributed by atoms with E-state index in [1.165, 1.54) is 37.4 Å². The predicted octanol–water partition coefficient (Wildman–Crippen LogP) is 6.28. The van der Waals surface area contributed by atoms with Gasteiger partial charge in [0.2, 0.25) is 0 Å². The molecular weight excluding hydrogens is 506 g/mol. The standard InChI is InChI=1S/C15H19BrN2O.C9H8BrN/c1-12-10-14(16)13-2-3-18(15(13)11-12)5-4-17-6-8-19-9-7-17;1-6-4-8(10)7-2-3-11-9(7)5-6/h2-3,10-11H,4-9H2,1H3;2-5,11H,1H3. The molecule has 1 N–H and O–H groups in total. The van der Waals surface area contributed by atoms with Gasteiger partial charge in [-0.2, -0.15) is 0 Å². The van der Waals surface area contributed by atoms with Crippen molar-refractivity contribution >= 4 is 53.7 Å². The summed E-state index contributed by atoms with van der Waals surface area (Å²) in [5.41, 5.74) is 5.08. The number of H-pyrrole nitrogens is 1. The van der Waals surface area contributed by atoms with Gasteiger partial charge in [0.15, 0.2) is 0 Å². The van der Waals surface area contributed by atoms with E-state index < -0.39 is 0 Å². The van der Waals surface area contributed by atoms with Gasteiger partial charge in [0.05, 0.1) is 13.2 Å². The van der Waals surface area contributed by atoms with Crippen molar-refractivity contribution in [1.82, 2.24) is 14.5 Å². The van der Waals surface area contributed by atoms with Gasteiger partial charge in [-0.15, -0.1) is 0 Å². The molecule has 2 aromatic carbocycles. The molecule has 5 rings (SSSR count). The first-order valence-electron chi connectivity index (χ1n) is 10.3. The lowest BCUT2D eigenvalue weighted by atomic mass is 10.2. The van der Waals surface area contributed by atoms with Crippen molar-refractivity contribution in [3.63, 3.8) is 0 Å². The highest BCUT2D eigenvalue weighted by Gasteiger charge is 2.11. The van der Waals surface area contributed by atoms with Crippen LogP contribution in [0.1, 0.15) is 11.1 Å². The number of morpholine rings is 1. The molecule has 0 bridgehead atoms. The number of rotatable bonds is 3. The van der Waals surface area contributed by atoms with Gasteiger partial charge in [-0.3, -0.25) is 4.90 Å². The van der Waals surface area contributed by atoms with E-state index in [1.807, 2.05) is 6.20 Å². The fourth-order valence-electron chi connectivity index (χ4n) is 3.91. The number of aryl methyl sites for hydroxylation is 2. The molecule has 2 aromatic heterocycles. The Kier molecular flexibility index (Phi) is 6.98. The molecule has 3 heterocycles. The summed E-state index contributed by atoms with van der Waals surface area (Å²) < 4.78 is 10.1. The topological polar surface area (TPSA) is 33.2 Å². The Balaban J connectivity index is 0.000000168. The number of nitrogens with one attached hydrogen (secondary N) is 1. The molecule has 0 saturated carbocycles. The highest BCUT2D eigenvalue weighted by molar-refractivity contribution is 9.11. The van der Waals surface area contributed by atoms with Gasteiger partial charge in [-0.25, -0.2) is 0 Å². The Bertz CT molecular complexity index is 1140. The van der Waals surface area contributed by atoms with Gasteiger partial charge in [0.1, 0.15) is 0 Å². The number of benzene rings is 2. The fourth-order valence-corrected chi connectivity index (χ4v) is 5.31. The predicted molar refractivity (Wildman–Crippen MR) is 132 cm³/mol. The van der Waals surface area contributed by atoms with Crippen LogP contribution in [0, 0.1) is 13.8 Å². The molecule has 4 nitrogen and oxygen atoms in total. The van der Waals surface area contributed by atoms with Gasteiger partial charge in [-0.1, -0.05) is 31.9 Å². The summed E-state index contributed by atoms with van der Waals surface area (Å²) in [6.45, 7) is 10.2. The van der Waals surface area contributed by atoms with Crippen LogP contribution in [-0.4, -0.2) is 47.3 Å². The van der Waals surface area contributed by atoms with Crippen molar-refractivity contribution in [3.05, 3.63) is 68.9 Å². The van der Waals surface area contributed by atoms with Crippen molar-refractivity contribution < 1.29 is 4.74 Å². The van der Waals surface area contributed by atoms with Crippen LogP contribution in [0.15, 0.2) is 57.7 Å². The molecule has 30 heavy (non-hydrogen) atoms. The van der Waals surface area contributed by atoms with Crippen LogP contribution in [0.2, 0.25) is 0 Å². The minimum atomic E-state index is 0.872. The number of aromatic amines is 1. The summed E-state index contributed by atoms with van der Waals surface area (Å²) in [7, 11) is 0. The molecule has 4 aromatic rings.